The van der Waals surface area contributed by atoms with Crippen molar-refractivity contribution in [2.75, 3.05) is 18.8 Å². The van der Waals surface area contributed by atoms with Gasteiger partial charge in [-0.3, -0.25) is 19.2 Å². The summed E-state index contributed by atoms with van der Waals surface area (Å²) >= 11 is 1.89. The van der Waals surface area contributed by atoms with Crippen LogP contribution in [0.15, 0.2) is 121 Å². The van der Waals surface area contributed by atoms with E-state index in [1.807, 2.05) is 84.6 Å². The molecule has 0 saturated carbocycles. The molecule has 358 valence electrons. The van der Waals surface area contributed by atoms with Crippen LogP contribution in [0.3, 0.4) is 0 Å². The van der Waals surface area contributed by atoms with Gasteiger partial charge < -0.3 is 40.9 Å². The molecule has 2 aliphatic heterocycles. The van der Waals surface area contributed by atoms with Crippen molar-refractivity contribution < 1.29 is 37.6 Å². The zero-order chi connectivity index (χ0) is 47.1. The standard InChI is InChI=1S/C51H65N6O8PS/c58-45(30-15-5-19-33-53-46(59)31-18-17-29-44-49-43(37-67-44)55-51(62)57-49)52-34-20-6-16-32-47(60)54-42(35-38-21-7-1-8-22-38)50(61)56-48(36-39-23-9-2-10-24-39)66(63,64-40-25-11-3-12-26-40)65-41-27-13-4-14-28-41/h1-4,7-14,21-28,42-44,48-49H,5-6,15-20,29-37H2,(H,52,58)(H,53,59)(H,54,60)(H,56,61)(H2,55,57,62)/t42?,43-,44+,48?,49-/m0/s1. The molecule has 16 heteroatoms. The predicted octanol–water partition coefficient (Wildman–Crippen LogP) is 7.83. The molecule has 0 bridgehead atoms. The first-order chi connectivity index (χ1) is 32.6. The second-order valence-corrected chi connectivity index (χ2v) is 20.4. The number of carbonyl (C=O) groups is 5. The Bertz CT molecular complexity index is 2160. The Morgan fingerprint density at radius 3 is 1.64 bits per heavy atom. The highest BCUT2D eigenvalue weighted by molar-refractivity contribution is 8.00. The number of benzene rings is 4. The van der Waals surface area contributed by atoms with Crippen molar-refractivity contribution in [2.45, 2.75) is 119 Å². The summed E-state index contributed by atoms with van der Waals surface area (Å²) in [7, 11) is -4.21. The minimum atomic E-state index is -4.21. The number of hydrogen-bond acceptors (Lipinski definition) is 9. The molecule has 2 aliphatic rings. The summed E-state index contributed by atoms with van der Waals surface area (Å²) in [6.07, 6.45) is 8.52. The van der Waals surface area contributed by atoms with E-state index in [1.54, 1.807) is 48.5 Å². The second-order valence-electron chi connectivity index (χ2n) is 17.1. The molecule has 6 rings (SSSR count). The largest absolute Gasteiger partial charge is 0.453 e. The number of urea groups is 1. The van der Waals surface area contributed by atoms with Gasteiger partial charge in [-0.2, -0.15) is 11.8 Å². The normalized spacial score (nSPS) is 17.2. The van der Waals surface area contributed by atoms with Gasteiger partial charge in [0.1, 0.15) is 17.5 Å². The van der Waals surface area contributed by atoms with Gasteiger partial charge in [0.25, 0.3) is 0 Å². The first kappa shape index (κ1) is 50.6. The van der Waals surface area contributed by atoms with E-state index in [1.165, 1.54) is 0 Å². The Balaban J connectivity index is 0.904. The van der Waals surface area contributed by atoms with Crippen LogP contribution in [-0.2, 0) is 36.6 Å². The number of amides is 6. The Labute approximate surface area is 398 Å². The van der Waals surface area contributed by atoms with Gasteiger partial charge >= 0.3 is 13.6 Å². The number of rotatable bonds is 29. The number of thioether (sulfide) groups is 1. The minimum Gasteiger partial charge on any atom is -0.415 e. The molecule has 14 nitrogen and oxygen atoms in total. The van der Waals surface area contributed by atoms with Crippen molar-refractivity contribution in [1.29, 1.82) is 0 Å². The molecular formula is C51H65N6O8PS. The monoisotopic (exact) mass is 952 g/mol. The third-order valence-corrected chi connectivity index (χ3v) is 15.2. The third-order valence-electron chi connectivity index (χ3n) is 11.7. The maximum absolute atomic E-state index is 15.1. The van der Waals surface area contributed by atoms with Crippen molar-refractivity contribution in [3.8, 4) is 11.5 Å². The molecule has 0 spiro atoms. The maximum atomic E-state index is 15.1. The number of hydrogen-bond donors (Lipinski definition) is 6. The molecule has 2 fully saturated rings. The first-order valence-corrected chi connectivity index (χ1v) is 26.3. The molecule has 5 atom stereocenters. The van der Waals surface area contributed by atoms with E-state index in [4.69, 9.17) is 9.05 Å². The average molecular weight is 953 g/mol. The molecule has 4 aromatic carbocycles. The highest BCUT2D eigenvalue weighted by atomic mass is 32.2. The van der Waals surface area contributed by atoms with Crippen LogP contribution in [0.4, 0.5) is 4.79 Å². The molecule has 6 amide bonds. The quantitative estimate of drug-likeness (QED) is 0.0179. The Morgan fingerprint density at radius 2 is 1.09 bits per heavy atom. The smallest absolute Gasteiger partial charge is 0.415 e. The lowest BCUT2D eigenvalue weighted by Gasteiger charge is -2.30. The number of carbonyl (C=O) groups excluding carboxylic acids is 5. The van der Waals surface area contributed by atoms with E-state index in [9.17, 15) is 24.0 Å². The lowest BCUT2D eigenvalue weighted by molar-refractivity contribution is -0.129. The van der Waals surface area contributed by atoms with E-state index < -0.39 is 25.3 Å². The minimum absolute atomic E-state index is 0.0188. The predicted molar refractivity (Wildman–Crippen MR) is 263 cm³/mol. The summed E-state index contributed by atoms with van der Waals surface area (Å²) in [5.74, 6) is -0.365. The summed E-state index contributed by atoms with van der Waals surface area (Å²) in [5.41, 5.74) is 1.64. The Hall–Kier alpha value is -5.79. The molecule has 2 saturated heterocycles. The van der Waals surface area contributed by atoms with Crippen LogP contribution in [0.5, 0.6) is 11.5 Å². The van der Waals surface area contributed by atoms with E-state index in [0.29, 0.717) is 61.9 Å². The fraction of sp³-hybridized carbons (Fsp3) is 0.431. The molecule has 67 heavy (non-hydrogen) atoms. The summed E-state index contributed by atoms with van der Waals surface area (Å²) < 4.78 is 27.4. The Morgan fingerprint density at radius 1 is 0.597 bits per heavy atom. The second kappa shape index (κ2) is 27.1. The van der Waals surface area contributed by atoms with Crippen molar-refractivity contribution in [3.63, 3.8) is 0 Å². The van der Waals surface area contributed by atoms with E-state index in [0.717, 1.165) is 55.4 Å². The van der Waals surface area contributed by atoms with Gasteiger partial charge in [0.15, 0.2) is 5.78 Å². The molecule has 0 aromatic heterocycles. The topological polar surface area (TPSA) is 193 Å². The number of fused-ring (bicyclic) bond motifs is 1. The van der Waals surface area contributed by atoms with Gasteiger partial charge in [0, 0.05) is 56.2 Å². The fourth-order valence-corrected chi connectivity index (χ4v) is 11.5. The SMILES string of the molecule is O=C(CCCCCNC(=O)CCCC[C@H]1SC[C@@H]2NC(=O)N[C@@H]21)NCCCCCC(=O)NC(Cc1ccccc1)C(=O)NC(Cc1ccccc1)P(=O)(Oc1ccccc1)Oc1ccccc1. The van der Waals surface area contributed by atoms with Gasteiger partial charge in [-0.15, -0.1) is 0 Å². The van der Waals surface area contributed by atoms with E-state index in [2.05, 4.69) is 31.9 Å². The van der Waals surface area contributed by atoms with Crippen molar-refractivity contribution in [3.05, 3.63) is 132 Å². The fourth-order valence-electron chi connectivity index (χ4n) is 8.15. The highest BCUT2D eigenvalue weighted by Crippen LogP contribution is 2.53. The zero-order valence-corrected chi connectivity index (χ0v) is 39.8. The maximum Gasteiger partial charge on any atom is 0.453 e. The third kappa shape index (κ3) is 17.4. The van der Waals surface area contributed by atoms with E-state index in [-0.39, 0.29) is 55.1 Å². The first-order valence-electron chi connectivity index (χ1n) is 23.6. The lowest BCUT2D eigenvalue weighted by Crippen LogP contribution is -2.51. The van der Waals surface area contributed by atoms with Crippen LogP contribution < -0.4 is 40.9 Å². The van der Waals surface area contributed by atoms with Gasteiger partial charge in [0.05, 0.1) is 12.1 Å². The average Bonchev–Trinajstić information content (AvgIpc) is 3.89. The molecule has 2 heterocycles. The van der Waals surface area contributed by atoms with Crippen LogP contribution in [0.25, 0.3) is 0 Å². The van der Waals surface area contributed by atoms with Crippen molar-refractivity contribution in [1.82, 2.24) is 31.9 Å². The molecule has 0 radical (unpaired) electrons. The Kier molecular flexibility index (Phi) is 20.5. The molecule has 4 aromatic rings. The van der Waals surface area contributed by atoms with Gasteiger partial charge in [-0.05, 0) is 73.9 Å². The van der Waals surface area contributed by atoms with Crippen molar-refractivity contribution >= 4 is 49.0 Å². The van der Waals surface area contributed by atoms with Crippen LogP contribution in [-0.4, -0.2) is 77.7 Å². The van der Waals surface area contributed by atoms with E-state index >= 15 is 4.57 Å². The summed E-state index contributed by atoms with van der Waals surface area (Å²) in [4.78, 5) is 64.1. The van der Waals surface area contributed by atoms with Crippen molar-refractivity contribution in [2.24, 2.45) is 0 Å². The van der Waals surface area contributed by atoms with Crippen LogP contribution in [0, 0.1) is 0 Å². The van der Waals surface area contributed by atoms with Gasteiger partial charge in [0.2, 0.25) is 23.6 Å². The lowest BCUT2D eigenvalue weighted by atomic mass is 10.0. The number of nitrogens with one attached hydrogen (secondary N) is 6. The molecule has 6 N–H and O–H groups in total. The molecule has 0 aliphatic carbocycles. The number of unbranched alkanes of at least 4 members (excludes halogenated alkanes) is 5. The van der Waals surface area contributed by atoms with Gasteiger partial charge in [-0.1, -0.05) is 116 Å². The van der Waals surface area contributed by atoms with Gasteiger partial charge in [-0.25, -0.2) is 9.36 Å². The van der Waals surface area contributed by atoms with Crippen LogP contribution in [0.2, 0.25) is 0 Å². The van der Waals surface area contributed by atoms with Crippen LogP contribution >= 0.6 is 19.4 Å². The summed E-state index contributed by atoms with van der Waals surface area (Å²) in [6.45, 7) is 1.09. The molecular weight excluding hydrogens is 888 g/mol. The van der Waals surface area contributed by atoms with Crippen LogP contribution in [0.1, 0.15) is 88.2 Å². The zero-order valence-electron chi connectivity index (χ0n) is 38.1. The molecule has 2 unspecified atom stereocenters. The highest BCUT2D eigenvalue weighted by Gasteiger charge is 2.43. The summed E-state index contributed by atoms with van der Waals surface area (Å²) in [6, 6.07) is 35.5. The summed E-state index contributed by atoms with van der Waals surface area (Å²) in [5, 5.41) is 18.2. The number of para-hydroxylation sites is 2.